The van der Waals surface area contributed by atoms with Crippen LogP contribution >= 0.6 is 0 Å². The first-order chi connectivity index (χ1) is 12.5. The van der Waals surface area contributed by atoms with Gasteiger partial charge < -0.3 is 14.6 Å². The number of nitrogens with one attached hydrogen (secondary N) is 1. The summed E-state index contributed by atoms with van der Waals surface area (Å²) >= 11 is 0. The van der Waals surface area contributed by atoms with Gasteiger partial charge in [-0.05, 0) is 31.4 Å². The minimum absolute atomic E-state index is 0.157. The van der Waals surface area contributed by atoms with Gasteiger partial charge in [-0.15, -0.1) is 0 Å². The van der Waals surface area contributed by atoms with Crippen molar-refractivity contribution in [2.75, 3.05) is 20.7 Å². The quantitative estimate of drug-likeness (QED) is 0.897. The Kier molecular flexibility index (Phi) is 5.20. The molecule has 26 heavy (non-hydrogen) atoms. The van der Waals surface area contributed by atoms with E-state index in [0.717, 1.165) is 12.8 Å². The molecule has 0 bridgehead atoms. The molecule has 0 radical (unpaired) electrons. The Bertz CT molecular complexity index is 879. The number of fused-ring (bicyclic) bond motifs is 1. The summed E-state index contributed by atoms with van der Waals surface area (Å²) in [6.07, 6.45) is 1.83. The number of hydrogen-bond donors (Lipinski definition) is 1. The maximum Gasteiger partial charge on any atom is 0.410 e. The molecule has 1 aromatic carbocycles. The molecule has 2 heterocycles. The SMILES string of the molecule is COC(=O)N1CCCC[C@@H]1C(=O)N(C)Cc1nc2ccccc2c(=O)[nH]1. The number of piperidine rings is 1. The fourth-order valence-electron chi connectivity index (χ4n) is 3.29. The van der Waals surface area contributed by atoms with Crippen LogP contribution in [0.4, 0.5) is 4.79 Å². The van der Waals surface area contributed by atoms with Crippen molar-refractivity contribution in [1.29, 1.82) is 0 Å². The van der Waals surface area contributed by atoms with Gasteiger partial charge in [0.2, 0.25) is 5.91 Å². The van der Waals surface area contributed by atoms with Gasteiger partial charge in [-0.25, -0.2) is 9.78 Å². The number of aromatic amines is 1. The summed E-state index contributed by atoms with van der Waals surface area (Å²) in [5.74, 6) is 0.218. The molecule has 2 aromatic rings. The summed E-state index contributed by atoms with van der Waals surface area (Å²) < 4.78 is 4.79. The lowest BCUT2D eigenvalue weighted by molar-refractivity contribution is -0.136. The maximum absolute atomic E-state index is 12.8. The Hall–Kier alpha value is -2.90. The Labute approximate surface area is 150 Å². The van der Waals surface area contributed by atoms with Gasteiger partial charge in [0.15, 0.2) is 0 Å². The fraction of sp³-hybridized carbons (Fsp3) is 0.444. The molecule has 1 atom stereocenters. The number of likely N-dealkylation sites (N-methyl/N-ethyl adjacent to an activating group) is 1. The predicted molar refractivity (Wildman–Crippen MR) is 95.6 cm³/mol. The molecule has 1 fully saturated rings. The van der Waals surface area contributed by atoms with Gasteiger partial charge in [0.1, 0.15) is 11.9 Å². The van der Waals surface area contributed by atoms with Crippen LogP contribution < -0.4 is 5.56 Å². The summed E-state index contributed by atoms with van der Waals surface area (Å²) in [7, 11) is 2.95. The van der Waals surface area contributed by atoms with E-state index in [1.165, 1.54) is 16.9 Å². The predicted octanol–water partition coefficient (Wildman–Crippen LogP) is 1.50. The summed E-state index contributed by atoms with van der Waals surface area (Å²) in [5.41, 5.74) is 0.348. The van der Waals surface area contributed by atoms with Gasteiger partial charge in [-0.2, -0.15) is 0 Å². The topological polar surface area (TPSA) is 95.6 Å². The van der Waals surface area contributed by atoms with Crippen LogP contribution in [0.25, 0.3) is 10.9 Å². The average molecular weight is 358 g/mol. The average Bonchev–Trinajstić information content (AvgIpc) is 2.66. The number of benzene rings is 1. The van der Waals surface area contributed by atoms with E-state index < -0.39 is 12.1 Å². The largest absolute Gasteiger partial charge is 0.453 e. The monoisotopic (exact) mass is 358 g/mol. The van der Waals surface area contributed by atoms with Crippen molar-refractivity contribution in [3.05, 3.63) is 40.4 Å². The van der Waals surface area contributed by atoms with E-state index >= 15 is 0 Å². The molecule has 0 spiro atoms. The van der Waals surface area contributed by atoms with Gasteiger partial charge in [-0.1, -0.05) is 12.1 Å². The molecule has 8 nitrogen and oxygen atoms in total. The third-order valence-corrected chi connectivity index (χ3v) is 4.62. The standard InChI is InChI=1S/C18H22N4O4/c1-21(17(24)14-9-5-6-10-22(14)18(25)26-2)11-15-19-13-8-4-3-7-12(13)16(23)20-15/h3-4,7-8,14H,5-6,9-11H2,1-2H3,(H,19,20,23)/t14-/m1/s1. The summed E-state index contributed by atoms with van der Waals surface area (Å²) in [4.78, 5) is 47.0. The van der Waals surface area contributed by atoms with Gasteiger partial charge >= 0.3 is 6.09 Å². The lowest BCUT2D eigenvalue weighted by Gasteiger charge is -2.35. The fourth-order valence-corrected chi connectivity index (χ4v) is 3.29. The number of aromatic nitrogens is 2. The van der Waals surface area contributed by atoms with E-state index in [0.29, 0.717) is 29.7 Å². The second kappa shape index (κ2) is 7.55. The smallest absolute Gasteiger partial charge is 0.410 e. The van der Waals surface area contributed by atoms with Crippen molar-refractivity contribution in [2.45, 2.75) is 31.8 Å². The van der Waals surface area contributed by atoms with Crippen molar-refractivity contribution in [1.82, 2.24) is 19.8 Å². The second-order valence-electron chi connectivity index (χ2n) is 6.40. The molecule has 138 valence electrons. The van der Waals surface area contributed by atoms with Crippen LogP contribution in [0.1, 0.15) is 25.1 Å². The molecule has 1 aliphatic rings. The normalized spacial score (nSPS) is 17.2. The zero-order chi connectivity index (χ0) is 18.7. The van der Waals surface area contributed by atoms with Gasteiger partial charge in [0.25, 0.3) is 5.56 Å². The Balaban J connectivity index is 1.78. The van der Waals surface area contributed by atoms with Crippen molar-refractivity contribution < 1.29 is 14.3 Å². The van der Waals surface area contributed by atoms with Crippen LogP contribution in [0.15, 0.2) is 29.1 Å². The number of carbonyl (C=O) groups excluding carboxylic acids is 2. The van der Waals surface area contributed by atoms with Gasteiger partial charge in [-0.3, -0.25) is 14.5 Å². The van der Waals surface area contributed by atoms with E-state index in [1.807, 2.05) is 6.07 Å². The first kappa shape index (κ1) is 17.9. The second-order valence-corrected chi connectivity index (χ2v) is 6.40. The number of likely N-dealkylation sites (tertiary alicyclic amines) is 1. The molecule has 0 aliphatic carbocycles. The highest BCUT2D eigenvalue weighted by molar-refractivity contribution is 5.85. The van der Waals surface area contributed by atoms with Crippen molar-refractivity contribution in [2.24, 2.45) is 0 Å². The first-order valence-electron chi connectivity index (χ1n) is 8.58. The van der Waals surface area contributed by atoms with E-state index in [1.54, 1.807) is 25.2 Å². The van der Waals surface area contributed by atoms with Crippen LogP contribution in [0.3, 0.4) is 0 Å². The van der Waals surface area contributed by atoms with Crippen LogP contribution in [0.5, 0.6) is 0 Å². The zero-order valence-corrected chi connectivity index (χ0v) is 14.9. The number of rotatable bonds is 3. The third-order valence-electron chi connectivity index (χ3n) is 4.62. The van der Waals surface area contributed by atoms with Gasteiger partial charge in [0.05, 0.1) is 24.6 Å². The van der Waals surface area contributed by atoms with Crippen LogP contribution in [-0.2, 0) is 16.1 Å². The maximum atomic E-state index is 12.8. The van der Waals surface area contributed by atoms with E-state index in [4.69, 9.17) is 4.74 Å². The highest BCUT2D eigenvalue weighted by atomic mass is 16.5. The number of methoxy groups -OCH3 is 1. The molecule has 3 rings (SSSR count). The van der Waals surface area contributed by atoms with Crippen LogP contribution in [-0.4, -0.2) is 58.5 Å². The van der Waals surface area contributed by atoms with Crippen LogP contribution in [0, 0.1) is 0 Å². The number of hydrogen-bond acceptors (Lipinski definition) is 5. The lowest BCUT2D eigenvalue weighted by atomic mass is 10.0. The number of ether oxygens (including phenoxy) is 1. The Morgan fingerprint density at radius 2 is 2.12 bits per heavy atom. The Morgan fingerprint density at radius 1 is 1.35 bits per heavy atom. The van der Waals surface area contributed by atoms with Gasteiger partial charge in [0, 0.05) is 13.6 Å². The number of amides is 2. The first-order valence-corrected chi connectivity index (χ1v) is 8.58. The van der Waals surface area contributed by atoms with E-state index in [2.05, 4.69) is 9.97 Å². The third kappa shape index (κ3) is 3.54. The number of para-hydroxylation sites is 1. The molecule has 0 saturated carbocycles. The zero-order valence-electron chi connectivity index (χ0n) is 14.9. The van der Waals surface area contributed by atoms with Crippen LogP contribution in [0.2, 0.25) is 0 Å². The minimum Gasteiger partial charge on any atom is -0.453 e. The summed E-state index contributed by atoms with van der Waals surface area (Å²) in [6.45, 7) is 0.659. The molecule has 2 amide bonds. The number of H-pyrrole nitrogens is 1. The number of carbonyl (C=O) groups is 2. The molecule has 8 heteroatoms. The molecular formula is C18H22N4O4. The minimum atomic E-state index is -0.548. The van der Waals surface area contributed by atoms with E-state index in [9.17, 15) is 14.4 Å². The molecule has 1 saturated heterocycles. The van der Waals surface area contributed by atoms with E-state index in [-0.39, 0.29) is 18.0 Å². The molecule has 1 aromatic heterocycles. The Morgan fingerprint density at radius 3 is 2.88 bits per heavy atom. The molecule has 1 aliphatic heterocycles. The lowest BCUT2D eigenvalue weighted by Crippen LogP contribution is -2.52. The van der Waals surface area contributed by atoms with Crippen molar-refractivity contribution in [3.8, 4) is 0 Å². The molecular weight excluding hydrogens is 336 g/mol. The highest BCUT2D eigenvalue weighted by Gasteiger charge is 2.34. The van der Waals surface area contributed by atoms with Crippen molar-refractivity contribution >= 4 is 22.9 Å². The summed E-state index contributed by atoms with van der Waals surface area (Å²) in [6, 6.07) is 6.50. The summed E-state index contributed by atoms with van der Waals surface area (Å²) in [5, 5.41) is 0.509. The highest BCUT2D eigenvalue weighted by Crippen LogP contribution is 2.20. The molecule has 0 unspecified atom stereocenters. The van der Waals surface area contributed by atoms with Crippen molar-refractivity contribution in [3.63, 3.8) is 0 Å². The number of nitrogens with zero attached hydrogens (tertiary/aromatic N) is 3. The molecule has 1 N–H and O–H groups in total.